The molecule has 0 aliphatic rings. The van der Waals surface area contributed by atoms with Gasteiger partial charge < -0.3 is 15.4 Å². The molecule has 5 nitrogen and oxygen atoms in total. The number of rotatable bonds is 6. The van der Waals surface area contributed by atoms with Crippen molar-refractivity contribution in [2.45, 2.75) is 6.54 Å². The SMILES string of the molecule is COc1ccccc1Nc1nc(NCc2cccs2)c2ccccc2n1. The smallest absolute Gasteiger partial charge is 0.229 e. The van der Waals surface area contributed by atoms with E-state index in [2.05, 4.69) is 38.1 Å². The number of ether oxygens (including phenoxy) is 1. The van der Waals surface area contributed by atoms with E-state index in [1.54, 1.807) is 18.4 Å². The molecule has 2 N–H and O–H groups in total. The highest BCUT2D eigenvalue weighted by Crippen LogP contribution is 2.28. The second-order valence-electron chi connectivity index (χ2n) is 5.67. The molecule has 26 heavy (non-hydrogen) atoms. The van der Waals surface area contributed by atoms with Gasteiger partial charge in [0, 0.05) is 10.3 Å². The molecule has 130 valence electrons. The molecular formula is C20H18N4OS. The summed E-state index contributed by atoms with van der Waals surface area (Å²) in [5.74, 6) is 2.08. The maximum Gasteiger partial charge on any atom is 0.229 e. The number of hydrogen-bond donors (Lipinski definition) is 2. The monoisotopic (exact) mass is 362 g/mol. The fourth-order valence-electron chi connectivity index (χ4n) is 2.72. The van der Waals surface area contributed by atoms with Gasteiger partial charge in [0.05, 0.1) is 24.9 Å². The molecule has 0 spiro atoms. The van der Waals surface area contributed by atoms with E-state index in [0.717, 1.165) is 34.7 Å². The van der Waals surface area contributed by atoms with Crippen LogP contribution in [-0.2, 0) is 6.54 Å². The Morgan fingerprint density at radius 1 is 0.962 bits per heavy atom. The van der Waals surface area contributed by atoms with Crippen LogP contribution in [0.1, 0.15) is 4.88 Å². The first-order valence-electron chi connectivity index (χ1n) is 8.26. The zero-order valence-corrected chi connectivity index (χ0v) is 15.1. The van der Waals surface area contributed by atoms with Crippen LogP contribution in [0.2, 0.25) is 0 Å². The van der Waals surface area contributed by atoms with E-state index in [4.69, 9.17) is 4.74 Å². The van der Waals surface area contributed by atoms with Gasteiger partial charge in [0.2, 0.25) is 5.95 Å². The van der Waals surface area contributed by atoms with Crippen LogP contribution >= 0.6 is 11.3 Å². The molecule has 0 radical (unpaired) electrons. The molecule has 0 bridgehead atoms. The number of anilines is 3. The van der Waals surface area contributed by atoms with Gasteiger partial charge in [-0.15, -0.1) is 11.3 Å². The number of para-hydroxylation sites is 3. The quantitative estimate of drug-likeness (QED) is 0.502. The predicted molar refractivity (Wildman–Crippen MR) is 107 cm³/mol. The Morgan fingerprint density at radius 2 is 1.81 bits per heavy atom. The van der Waals surface area contributed by atoms with E-state index in [-0.39, 0.29) is 0 Å². The predicted octanol–water partition coefficient (Wildman–Crippen LogP) is 5.06. The fraction of sp³-hybridized carbons (Fsp3) is 0.100. The summed E-state index contributed by atoms with van der Waals surface area (Å²) in [4.78, 5) is 10.6. The van der Waals surface area contributed by atoms with Crippen LogP contribution in [0, 0.1) is 0 Å². The molecular weight excluding hydrogens is 344 g/mol. The molecule has 4 rings (SSSR count). The van der Waals surface area contributed by atoms with E-state index in [1.165, 1.54) is 4.88 Å². The summed E-state index contributed by atoms with van der Waals surface area (Å²) in [6.07, 6.45) is 0. The molecule has 0 atom stereocenters. The number of hydrogen-bond acceptors (Lipinski definition) is 6. The summed E-state index contributed by atoms with van der Waals surface area (Å²) in [5, 5.41) is 9.77. The third-order valence-electron chi connectivity index (χ3n) is 3.97. The number of fused-ring (bicyclic) bond motifs is 1. The Kier molecular flexibility index (Phi) is 4.66. The lowest BCUT2D eigenvalue weighted by molar-refractivity contribution is 0.417. The van der Waals surface area contributed by atoms with Crippen LogP contribution in [0.3, 0.4) is 0 Å². The van der Waals surface area contributed by atoms with Gasteiger partial charge in [-0.3, -0.25) is 0 Å². The minimum atomic E-state index is 0.530. The van der Waals surface area contributed by atoms with Gasteiger partial charge in [-0.25, -0.2) is 4.98 Å². The van der Waals surface area contributed by atoms with Crippen LogP contribution in [0.4, 0.5) is 17.5 Å². The van der Waals surface area contributed by atoms with Gasteiger partial charge in [0.1, 0.15) is 11.6 Å². The molecule has 0 unspecified atom stereocenters. The highest BCUT2D eigenvalue weighted by Gasteiger charge is 2.10. The van der Waals surface area contributed by atoms with Crippen LogP contribution in [0.15, 0.2) is 66.0 Å². The third-order valence-corrected chi connectivity index (χ3v) is 4.84. The number of nitrogens with one attached hydrogen (secondary N) is 2. The molecule has 0 saturated carbocycles. The van der Waals surface area contributed by atoms with E-state index in [1.807, 2.05) is 48.5 Å². The zero-order chi connectivity index (χ0) is 17.8. The van der Waals surface area contributed by atoms with Crippen LogP contribution < -0.4 is 15.4 Å². The summed E-state index contributed by atoms with van der Waals surface area (Å²) in [6.45, 7) is 0.729. The Labute approximate surface area is 155 Å². The summed E-state index contributed by atoms with van der Waals surface area (Å²) in [7, 11) is 1.65. The number of aromatic nitrogens is 2. The van der Waals surface area contributed by atoms with E-state index < -0.39 is 0 Å². The van der Waals surface area contributed by atoms with Crippen molar-refractivity contribution < 1.29 is 4.74 Å². The van der Waals surface area contributed by atoms with Gasteiger partial charge in [-0.1, -0.05) is 30.3 Å². The highest BCUT2D eigenvalue weighted by molar-refractivity contribution is 7.09. The topological polar surface area (TPSA) is 59.1 Å². The van der Waals surface area contributed by atoms with Crippen molar-refractivity contribution in [2.75, 3.05) is 17.7 Å². The van der Waals surface area contributed by atoms with Crippen LogP contribution in [0.5, 0.6) is 5.75 Å². The maximum absolute atomic E-state index is 5.40. The first kappa shape index (κ1) is 16.4. The van der Waals surface area contributed by atoms with Crippen molar-refractivity contribution in [3.63, 3.8) is 0 Å². The molecule has 2 aromatic heterocycles. The van der Waals surface area contributed by atoms with Gasteiger partial charge >= 0.3 is 0 Å². The van der Waals surface area contributed by atoms with Crippen molar-refractivity contribution in [2.24, 2.45) is 0 Å². The normalized spacial score (nSPS) is 10.7. The first-order chi connectivity index (χ1) is 12.8. The second kappa shape index (κ2) is 7.41. The van der Waals surface area contributed by atoms with Crippen LogP contribution in [0.25, 0.3) is 10.9 Å². The minimum absolute atomic E-state index is 0.530. The molecule has 0 saturated heterocycles. The second-order valence-corrected chi connectivity index (χ2v) is 6.70. The van der Waals surface area contributed by atoms with Crippen molar-refractivity contribution in [3.05, 3.63) is 70.9 Å². The van der Waals surface area contributed by atoms with Gasteiger partial charge in [0.25, 0.3) is 0 Å². The zero-order valence-electron chi connectivity index (χ0n) is 14.3. The van der Waals surface area contributed by atoms with Gasteiger partial charge in [-0.2, -0.15) is 4.98 Å². The number of thiophene rings is 1. The average molecular weight is 362 g/mol. The third kappa shape index (κ3) is 3.45. The highest BCUT2D eigenvalue weighted by atomic mass is 32.1. The average Bonchev–Trinajstić information content (AvgIpc) is 3.20. The van der Waals surface area contributed by atoms with E-state index in [9.17, 15) is 0 Å². The Morgan fingerprint density at radius 3 is 2.65 bits per heavy atom. The summed E-state index contributed by atoms with van der Waals surface area (Å²) in [6, 6.07) is 19.9. The summed E-state index contributed by atoms with van der Waals surface area (Å²) < 4.78 is 5.40. The molecule has 2 aromatic carbocycles. The van der Waals surface area contributed by atoms with Gasteiger partial charge in [0.15, 0.2) is 0 Å². The molecule has 2 heterocycles. The fourth-order valence-corrected chi connectivity index (χ4v) is 3.36. The summed E-state index contributed by atoms with van der Waals surface area (Å²) in [5.41, 5.74) is 1.71. The van der Waals surface area contributed by atoms with Crippen molar-refractivity contribution >= 4 is 39.7 Å². The first-order valence-corrected chi connectivity index (χ1v) is 9.14. The maximum atomic E-state index is 5.40. The Hall–Kier alpha value is -3.12. The molecule has 4 aromatic rings. The number of benzene rings is 2. The standard InChI is InChI=1S/C20H18N4OS/c1-25-18-11-5-4-10-17(18)23-20-22-16-9-3-2-8-15(16)19(24-20)21-13-14-7-6-12-26-14/h2-12H,13H2,1H3,(H2,21,22,23,24). The number of methoxy groups -OCH3 is 1. The number of nitrogens with zero attached hydrogens (tertiary/aromatic N) is 2. The molecule has 0 aliphatic heterocycles. The van der Waals surface area contributed by atoms with E-state index >= 15 is 0 Å². The van der Waals surface area contributed by atoms with Gasteiger partial charge in [-0.05, 0) is 35.7 Å². The van der Waals surface area contributed by atoms with Crippen molar-refractivity contribution in [3.8, 4) is 5.75 Å². The van der Waals surface area contributed by atoms with E-state index in [0.29, 0.717) is 5.95 Å². The lowest BCUT2D eigenvalue weighted by atomic mass is 10.2. The lowest BCUT2D eigenvalue weighted by Crippen LogP contribution is -2.05. The minimum Gasteiger partial charge on any atom is -0.495 e. The Balaban J connectivity index is 1.69. The molecule has 0 fully saturated rings. The molecule has 0 aliphatic carbocycles. The lowest BCUT2D eigenvalue weighted by Gasteiger charge is -2.13. The largest absolute Gasteiger partial charge is 0.495 e. The van der Waals surface area contributed by atoms with Crippen molar-refractivity contribution in [1.82, 2.24) is 9.97 Å². The molecule has 6 heteroatoms. The Bertz CT molecular complexity index is 1020. The summed E-state index contributed by atoms with van der Waals surface area (Å²) >= 11 is 1.72. The molecule has 0 amide bonds. The van der Waals surface area contributed by atoms with Crippen LogP contribution in [-0.4, -0.2) is 17.1 Å². The van der Waals surface area contributed by atoms with Crippen molar-refractivity contribution in [1.29, 1.82) is 0 Å².